The van der Waals surface area contributed by atoms with Gasteiger partial charge in [-0.05, 0) is 26.1 Å². The van der Waals surface area contributed by atoms with Gasteiger partial charge >= 0.3 is 0 Å². The molecule has 0 aromatic heterocycles. The Bertz CT molecular complexity index is 450. The fourth-order valence-corrected chi connectivity index (χ4v) is 2.47. The van der Waals surface area contributed by atoms with E-state index in [4.69, 9.17) is 4.74 Å². The van der Waals surface area contributed by atoms with Gasteiger partial charge in [0, 0.05) is 24.7 Å². The second-order valence-corrected chi connectivity index (χ2v) is 5.15. The van der Waals surface area contributed by atoms with E-state index in [1.807, 2.05) is 31.3 Å². The van der Waals surface area contributed by atoms with Crippen LogP contribution in [0.25, 0.3) is 0 Å². The number of amides is 1. The molecule has 0 spiro atoms. The van der Waals surface area contributed by atoms with E-state index in [1.165, 1.54) is 0 Å². The number of para-hydroxylation sites is 1. The number of carbonyl (C=O) groups excluding carboxylic acids is 1. The highest BCUT2D eigenvalue weighted by molar-refractivity contribution is 5.85. The summed E-state index contributed by atoms with van der Waals surface area (Å²) in [6, 6.07) is 8.19. The molecule has 2 N–H and O–H groups in total. The number of nitrogens with one attached hydrogen (secondary N) is 2. The van der Waals surface area contributed by atoms with E-state index < -0.39 is 0 Å². The molecule has 118 valence electrons. The predicted molar refractivity (Wildman–Crippen MR) is 86.0 cm³/mol. The minimum Gasteiger partial charge on any atom is -0.496 e. The van der Waals surface area contributed by atoms with E-state index >= 15 is 0 Å². The van der Waals surface area contributed by atoms with Crippen LogP contribution in [0.5, 0.6) is 5.75 Å². The third kappa shape index (κ3) is 5.19. The van der Waals surface area contributed by atoms with Crippen molar-refractivity contribution in [1.29, 1.82) is 0 Å². The van der Waals surface area contributed by atoms with Crippen molar-refractivity contribution in [2.45, 2.75) is 19.0 Å². The lowest BCUT2D eigenvalue weighted by Gasteiger charge is -2.22. The van der Waals surface area contributed by atoms with Crippen LogP contribution >= 0.6 is 12.4 Å². The maximum absolute atomic E-state index is 12.0. The van der Waals surface area contributed by atoms with Crippen molar-refractivity contribution < 1.29 is 9.53 Å². The summed E-state index contributed by atoms with van der Waals surface area (Å²) in [5, 5.41) is 6.26. The lowest BCUT2D eigenvalue weighted by molar-refractivity contribution is -0.122. The summed E-state index contributed by atoms with van der Waals surface area (Å²) >= 11 is 0. The van der Waals surface area contributed by atoms with Crippen LogP contribution in [-0.2, 0) is 11.3 Å². The molecular formula is C15H24ClN3O2. The Morgan fingerprint density at radius 3 is 2.90 bits per heavy atom. The van der Waals surface area contributed by atoms with Gasteiger partial charge in [-0.15, -0.1) is 12.4 Å². The number of rotatable bonds is 6. The molecule has 0 bridgehead atoms. The van der Waals surface area contributed by atoms with Gasteiger partial charge in [-0.3, -0.25) is 9.69 Å². The standard InChI is InChI=1S/C15H23N3O2.ClH/c1-18(13-7-8-16-10-13)11-15(19)17-9-12-5-3-4-6-14(12)20-2;/h3-6,13,16H,7-11H2,1-2H3,(H,17,19);1H. The lowest BCUT2D eigenvalue weighted by atomic mass is 10.2. The zero-order valence-electron chi connectivity index (χ0n) is 12.6. The molecule has 1 saturated heterocycles. The van der Waals surface area contributed by atoms with Crippen LogP contribution in [0.15, 0.2) is 24.3 Å². The summed E-state index contributed by atoms with van der Waals surface area (Å²) in [7, 11) is 3.64. The Hall–Kier alpha value is -1.30. The second kappa shape index (κ2) is 8.87. The number of benzene rings is 1. The highest BCUT2D eigenvalue weighted by atomic mass is 35.5. The van der Waals surface area contributed by atoms with Crippen molar-refractivity contribution in [2.24, 2.45) is 0 Å². The van der Waals surface area contributed by atoms with Crippen LogP contribution in [0.3, 0.4) is 0 Å². The fraction of sp³-hybridized carbons (Fsp3) is 0.533. The van der Waals surface area contributed by atoms with Gasteiger partial charge in [-0.2, -0.15) is 0 Å². The van der Waals surface area contributed by atoms with Crippen molar-refractivity contribution >= 4 is 18.3 Å². The molecule has 0 saturated carbocycles. The molecule has 1 aliphatic heterocycles. The Balaban J connectivity index is 0.00000220. The molecule has 0 aliphatic carbocycles. The molecule has 0 radical (unpaired) electrons. The number of likely N-dealkylation sites (N-methyl/N-ethyl adjacent to an activating group) is 1. The molecule has 1 unspecified atom stereocenters. The van der Waals surface area contributed by atoms with E-state index in [1.54, 1.807) is 7.11 Å². The average Bonchev–Trinajstić information content (AvgIpc) is 2.99. The number of halogens is 1. The molecule has 1 atom stereocenters. The predicted octanol–water partition coefficient (Wildman–Crippen LogP) is 1.03. The third-order valence-corrected chi connectivity index (χ3v) is 3.72. The Kier molecular flexibility index (Phi) is 7.50. The van der Waals surface area contributed by atoms with Crippen molar-refractivity contribution in [3.05, 3.63) is 29.8 Å². The fourth-order valence-electron chi connectivity index (χ4n) is 2.47. The number of hydrogen-bond donors (Lipinski definition) is 2. The van der Waals surface area contributed by atoms with Gasteiger partial charge in [0.2, 0.25) is 5.91 Å². The van der Waals surface area contributed by atoms with Crippen LogP contribution in [0.2, 0.25) is 0 Å². The second-order valence-electron chi connectivity index (χ2n) is 5.15. The molecule has 21 heavy (non-hydrogen) atoms. The molecule has 2 rings (SSSR count). The first-order valence-electron chi connectivity index (χ1n) is 7.00. The highest BCUT2D eigenvalue weighted by Crippen LogP contribution is 2.16. The van der Waals surface area contributed by atoms with Crippen LogP contribution in [0, 0.1) is 0 Å². The molecule has 5 nitrogen and oxygen atoms in total. The van der Waals surface area contributed by atoms with Crippen LogP contribution < -0.4 is 15.4 Å². The highest BCUT2D eigenvalue weighted by Gasteiger charge is 2.20. The van der Waals surface area contributed by atoms with Crippen molar-refractivity contribution in [3.8, 4) is 5.75 Å². The van der Waals surface area contributed by atoms with Gasteiger partial charge in [-0.25, -0.2) is 0 Å². The number of hydrogen-bond acceptors (Lipinski definition) is 4. The summed E-state index contributed by atoms with van der Waals surface area (Å²) in [5.41, 5.74) is 0.994. The minimum atomic E-state index is 0. The molecule has 1 aromatic carbocycles. The summed E-state index contributed by atoms with van der Waals surface area (Å²) < 4.78 is 5.27. The number of methoxy groups -OCH3 is 1. The third-order valence-electron chi connectivity index (χ3n) is 3.72. The van der Waals surface area contributed by atoms with Gasteiger partial charge < -0.3 is 15.4 Å². The topological polar surface area (TPSA) is 53.6 Å². The quantitative estimate of drug-likeness (QED) is 0.823. The molecule has 1 fully saturated rings. The van der Waals surface area contributed by atoms with Crippen molar-refractivity contribution in [1.82, 2.24) is 15.5 Å². The van der Waals surface area contributed by atoms with Crippen LogP contribution in [0.1, 0.15) is 12.0 Å². The molecule has 1 aliphatic rings. The maximum atomic E-state index is 12.0. The van der Waals surface area contributed by atoms with Crippen LogP contribution in [0.4, 0.5) is 0 Å². The Morgan fingerprint density at radius 1 is 1.48 bits per heavy atom. The van der Waals surface area contributed by atoms with Crippen molar-refractivity contribution in [2.75, 3.05) is 33.8 Å². The molecule has 1 aromatic rings. The average molecular weight is 314 g/mol. The van der Waals surface area contributed by atoms with E-state index in [0.29, 0.717) is 19.1 Å². The molecule has 1 heterocycles. The molecule has 1 amide bonds. The monoisotopic (exact) mass is 313 g/mol. The summed E-state index contributed by atoms with van der Waals surface area (Å²) in [6.45, 7) is 2.94. The largest absolute Gasteiger partial charge is 0.496 e. The SMILES string of the molecule is COc1ccccc1CNC(=O)CN(C)C1CCNC1.Cl. The van der Waals surface area contributed by atoms with Gasteiger partial charge in [0.1, 0.15) is 5.75 Å². The Morgan fingerprint density at radius 2 is 2.24 bits per heavy atom. The summed E-state index contributed by atoms with van der Waals surface area (Å²) in [5.74, 6) is 0.853. The van der Waals surface area contributed by atoms with E-state index in [9.17, 15) is 4.79 Å². The van der Waals surface area contributed by atoms with Crippen LogP contribution in [-0.4, -0.2) is 50.6 Å². The van der Waals surface area contributed by atoms with E-state index in [2.05, 4.69) is 15.5 Å². The Labute approximate surface area is 132 Å². The first-order valence-corrected chi connectivity index (χ1v) is 7.00. The molecular weight excluding hydrogens is 290 g/mol. The normalized spacial score (nSPS) is 17.4. The number of carbonyl (C=O) groups is 1. The maximum Gasteiger partial charge on any atom is 0.234 e. The lowest BCUT2D eigenvalue weighted by Crippen LogP contribution is -2.41. The van der Waals surface area contributed by atoms with Gasteiger partial charge in [0.05, 0.1) is 13.7 Å². The zero-order chi connectivity index (χ0) is 14.4. The van der Waals surface area contributed by atoms with Gasteiger partial charge in [0.15, 0.2) is 0 Å². The number of nitrogens with zero attached hydrogens (tertiary/aromatic N) is 1. The van der Waals surface area contributed by atoms with E-state index in [0.717, 1.165) is 30.8 Å². The van der Waals surface area contributed by atoms with Gasteiger partial charge in [-0.1, -0.05) is 18.2 Å². The molecule has 6 heteroatoms. The number of ether oxygens (including phenoxy) is 1. The van der Waals surface area contributed by atoms with Crippen molar-refractivity contribution in [3.63, 3.8) is 0 Å². The van der Waals surface area contributed by atoms with Gasteiger partial charge in [0.25, 0.3) is 0 Å². The first-order chi connectivity index (χ1) is 9.70. The summed E-state index contributed by atoms with van der Waals surface area (Å²) in [4.78, 5) is 14.1. The zero-order valence-corrected chi connectivity index (χ0v) is 13.4. The van der Waals surface area contributed by atoms with E-state index in [-0.39, 0.29) is 18.3 Å². The summed E-state index contributed by atoms with van der Waals surface area (Å²) in [6.07, 6.45) is 1.11. The first kappa shape index (κ1) is 17.8. The smallest absolute Gasteiger partial charge is 0.234 e. The minimum absolute atomic E-state index is 0.